The number of aromatic nitrogens is 1. The zero-order valence-electron chi connectivity index (χ0n) is 11.7. The number of rotatable bonds is 5. The monoisotopic (exact) mass is 270 g/mol. The van der Waals surface area contributed by atoms with Gasteiger partial charge in [0.1, 0.15) is 18.1 Å². The summed E-state index contributed by atoms with van der Waals surface area (Å²) in [5.74, 6) is 0.755. The predicted octanol–water partition coefficient (Wildman–Crippen LogP) is 2.54. The van der Waals surface area contributed by atoms with Crippen LogP contribution in [0, 0.1) is 6.92 Å². The number of nitrogens with zero attached hydrogens (tertiary/aromatic N) is 2. The van der Waals surface area contributed by atoms with Crippen molar-refractivity contribution < 1.29 is 9.53 Å². The van der Waals surface area contributed by atoms with E-state index in [1.54, 1.807) is 36.3 Å². The SMILES string of the molecule is Cc1ccccc1OCCN(C)C(=O)c1ccccn1. The van der Waals surface area contributed by atoms with E-state index < -0.39 is 0 Å². The highest BCUT2D eigenvalue weighted by Crippen LogP contribution is 2.15. The van der Waals surface area contributed by atoms with Gasteiger partial charge in [0.25, 0.3) is 5.91 Å². The maximum Gasteiger partial charge on any atom is 0.272 e. The Morgan fingerprint density at radius 3 is 2.65 bits per heavy atom. The minimum absolute atomic E-state index is 0.0982. The minimum atomic E-state index is -0.0982. The van der Waals surface area contributed by atoms with Gasteiger partial charge in [-0.05, 0) is 30.7 Å². The zero-order chi connectivity index (χ0) is 14.4. The largest absolute Gasteiger partial charge is 0.491 e. The van der Waals surface area contributed by atoms with Crippen LogP contribution in [0.2, 0.25) is 0 Å². The fraction of sp³-hybridized carbons (Fsp3) is 0.250. The van der Waals surface area contributed by atoms with Crippen LogP contribution in [0.4, 0.5) is 0 Å². The number of carbonyl (C=O) groups is 1. The van der Waals surface area contributed by atoms with Gasteiger partial charge in [0, 0.05) is 13.2 Å². The number of ether oxygens (including phenoxy) is 1. The number of likely N-dealkylation sites (N-methyl/N-ethyl adjacent to an activating group) is 1. The number of pyridine rings is 1. The molecular formula is C16H18N2O2. The van der Waals surface area contributed by atoms with Gasteiger partial charge in [0.2, 0.25) is 0 Å². The molecule has 0 N–H and O–H groups in total. The van der Waals surface area contributed by atoms with E-state index in [1.807, 2.05) is 31.2 Å². The molecule has 0 aliphatic rings. The van der Waals surface area contributed by atoms with Crippen molar-refractivity contribution in [1.29, 1.82) is 0 Å². The molecule has 2 aromatic rings. The second-order valence-corrected chi connectivity index (χ2v) is 4.56. The van der Waals surface area contributed by atoms with Crippen molar-refractivity contribution in [1.82, 2.24) is 9.88 Å². The van der Waals surface area contributed by atoms with Gasteiger partial charge in [0.15, 0.2) is 0 Å². The van der Waals surface area contributed by atoms with Gasteiger partial charge in [-0.15, -0.1) is 0 Å². The molecule has 0 aliphatic heterocycles. The Morgan fingerprint density at radius 2 is 1.95 bits per heavy atom. The Labute approximate surface area is 119 Å². The van der Waals surface area contributed by atoms with Gasteiger partial charge in [0.05, 0.1) is 6.54 Å². The average Bonchev–Trinajstić information content (AvgIpc) is 2.49. The lowest BCUT2D eigenvalue weighted by Gasteiger charge is -2.17. The molecule has 0 aliphatic carbocycles. The van der Waals surface area contributed by atoms with Gasteiger partial charge in [-0.25, -0.2) is 0 Å². The average molecular weight is 270 g/mol. The Bertz CT molecular complexity index is 570. The first-order valence-electron chi connectivity index (χ1n) is 6.53. The molecule has 0 atom stereocenters. The molecule has 0 unspecified atom stereocenters. The minimum Gasteiger partial charge on any atom is -0.491 e. The molecule has 0 radical (unpaired) electrons. The van der Waals surface area contributed by atoms with Gasteiger partial charge in [-0.3, -0.25) is 9.78 Å². The van der Waals surface area contributed by atoms with Crippen LogP contribution >= 0.6 is 0 Å². The van der Waals surface area contributed by atoms with Gasteiger partial charge in [-0.1, -0.05) is 24.3 Å². The second-order valence-electron chi connectivity index (χ2n) is 4.56. The number of benzene rings is 1. The van der Waals surface area contributed by atoms with Crippen molar-refractivity contribution in [3.8, 4) is 5.75 Å². The molecule has 0 saturated heterocycles. The van der Waals surface area contributed by atoms with Crippen LogP contribution in [0.25, 0.3) is 0 Å². The number of hydrogen-bond donors (Lipinski definition) is 0. The molecule has 20 heavy (non-hydrogen) atoms. The van der Waals surface area contributed by atoms with Crippen LogP contribution in [0.1, 0.15) is 16.1 Å². The van der Waals surface area contributed by atoms with E-state index in [9.17, 15) is 4.79 Å². The number of amides is 1. The third-order valence-corrected chi connectivity index (χ3v) is 3.01. The Hall–Kier alpha value is -2.36. The van der Waals surface area contributed by atoms with Crippen molar-refractivity contribution >= 4 is 5.91 Å². The van der Waals surface area contributed by atoms with Crippen LogP contribution in [0.3, 0.4) is 0 Å². The van der Waals surface area contributed by atoms with E-state index in [0.717, 1.165) is 11.3 Å². The predicted molar refractivity (Wildman–Crippen MR) is 77.9 cm³/mol. The van der Waals surface area contributed by atoms with Crippen LogP contribution in [0.5, 0.6) is 5.75 Å². The molecule has 0 bridgehead atoms. The smallest absolute Gasteiger partial charge is 0.272 e. The molecule has 104 valence electrons. The Kier molecular flexibility index (Phi) is 4.71. The van der Waals surface area contributed by atoms with E-state index in [1.165, 1.54) is 0 Å². The number of aryl methyl sites for hydroxylation is 1. The van der Waals surface area contributed by atoms with E-state index in [2.05, 4.69) is 4.98 Å². The zero-order valence-corrected chi connectivity index (χ0v) is 11.7. The molecule has 1 aromatic carbocycles. The standard InChI is InChI=1S/C16H18N2O2/c1-13-7-3-4-9-15(13)20-12-11-18(2)16(19)14-8-5-6-10-17-14/h3-10H,11-12H2,1-2H3. The van der Waals surface area contributed by atoms with Gasteiger partial charge < -0.3 is 9.64 Å². The summed E-state index contributed by atoms with van der Waals surface area (Å²) in [6.45, 7) is 2.97. The van der Waals surface area contributed by atoms with E-state index in [0.29, 0.717) is 18.8 Å². The molecule has 4 nitrogen and oxygen atoms in total. The fourth-order valence-corrected chi connectivity index (χ4v) is 1.80. The molecule has 2 rings (SSSR count). The third kappa shape index (κ3) is 3.57. The Morgan fingerprint density at radius 1 is 1.20 bits per heavy atom. The van der Waals surface area contributed by atoms with E-state index in [4.69, 9.17) is 4.74 Å². The normalized spacial score (nSPS) is 10.1. The summed E-state index contributed by atoms with van der Waals surface area (Å²) < 4.78 is 5.68. The van der Waals surface area contributed by atoms with E-state index >= 15 is 0 Å². The van der Waals surface area contributed by atoms with Crippen LogP contribution in [-0.4, -0.2) is 36.0 Å². The number of hydrogen-bond acceptors (Lipinski definition) is 3. The van der Waals surface area contributed by atoms with Crippen LogP contribution in [-0.2, 0) is 0 Å². The van der Waals surface area contributed by atoms with Crippen molar-refractivity contribution in [3.05, 3.63) is 59.9 Å². The third-order valence-electron chi connectivity index (χ3n) is 3.01. The molecular weight excluding hydrogens is 252 g/mol. The van der Waals surface area contributed by atoms with E-state index in [-0.39, 0.29) is 5.91 Å². The molecule has 0 fully saturated rings. The molecule has 1 heterocycles. The molecule has 0 spiro atoms. The highest BCUT2D eigenvalue weighted by atomic mass is 16.5. The summed E-state index contributed by atoms with van der Waals surface area (Å²) in [6.07, 6.45) is 1.62. The number of para-hydroxylation sites is 1. The highest BCUT2D eigenvalue weighted by Gasteiger charge is 2.12. The fourth-order valence-electron chi connectivity index (χ4n) is 1.80. The first-order valence-corrected chi connectivity index (χ1v) is 6.53. The van der Waals surface area contributed by atoms with Gasteiger partial charge >= 0.3 is 0 Å². The summed E-state index contributed by atoms with van der Waals surface area (Å²) in [4.78, 5) is 17.7. The molecule has 0 saturated carbocycles. The first-order chi connectivity index (χ1) is 9.68. The molecule has 1 aromatic heterocycles. The Balaban J connectivity index is 1.85. The maximum absolute atomic E-state index is 12.1. The topological polar surface area (TPSA) is 42.4 Å². The van der Waals surface area contributed by atoms with Crippen molar-refractivity contribution in [2.24, 2.45) is 0 Å². The summed E-state index contributed by atoms with van der Waals surface area (Å²) in [5, 5.41) is 0. The summed E-state index contributed by atoms with van der Waals surface area (Å²) in [7, 11) is 1.75. The molecule has 1 amide bonds. The van der Waals surface area contributed by atoms with Gasteiger partial charge in [-0.2, -0.15) is 0 Å². The van der Waals surface area contributed by atoms with Crippen molar-refractivity contribution in [2.75, 3.05) is 20.2 Å². The quantitative estimate of drug-likeness (QED) is 0.838. The maximum atomic E-state index is 12.1. The lowest BCUT2D eigenvalue weighted by Crippen LogP contribution is -2.31. The van der Waals surface area contributed by atoms with Crippen LogP contribution < -0.4 is 4.74 Å². The van der Waals surface area contributed by atoms with Crippen molar-refractivity contribution in [2.45, 2.75) is 6.92 Å². The highest BCUT2D eigenvalue weighted by molar-refractivity contribution is 5.92. The number of carbonyl (C=O) groups excluding carboxylic acids is 1. The first kappa shape index (κ1) is 14.1. The van der Waals surface area contributed by atoms with Crippen molar-refractivity contribution in [3.63, 3.8) is 0 Å². The second kappa shape index (κ2) is 6.70. The van der Waals surface area contributed by atoms with Crippen LogP contribution in [0.15, 0.2) is 48.7 Å². The summed E-state index contributed by atoms with van der Waals surface area (Å²) >= 11 is 0. The lowest BCUT2D eigenvalue weighted by molar-refractivity contribution is 0.0768. The molecule has 4 heteroatoms. The lowest BCUT2D eigenvalue weighted by atomic mass is 10.2. The summed E-state index contributed by atoms with van der Waals surface area (Å²) in [5.41, 5.74) is 1.54. The summed E-state index contributed by atoms with van der Waals surface area (Å²) in [6, 6.07) is 13.1.